The molecule has 0 fully saturated rings. The molecule has 0 spiro atoms. The lowest BCUT2D eigenvalue weighted by molar-refractivity contribution is -0.116. The number of carbonyl (C=O) groups is 1. The molecule has 124 valence electrons. The monoisotopic (exact) mass is 388 g/mol. The van der Waals surface area contributed by atoms with Crippen molar-refractivity contribution in [2.24, 2.45) is 0 Å². The number of benzene rings is 1. The van der Waals surface area contributed by atoms with Gasteiger partial charge < -0.3 is 10.1 Å². The minimum Gasteiger partial charge on any atom is -0.496 e. The number of methoxy groups -OCH3 is 1. The first kappa shape index (κ1) is 16.4. The van der Waals surface area contributed by atoms with Crippen molar-refractivity contribution in [2.75, 3.05) is 12.4 Å². The van der Waals surface area contributed by atoms with E-state index in [0.717, 1.165) is 26.9 Å². The number of H-pyrrole nitrogens is 1. The summed E-state index contributed by atoms with van der Waals surface area (Å²) in [5, 5.41) is 10.7. The Balaban J connectivity index is 1.62. The second kappa shape index (κ2) is 7.00. The van der Waals surface area contributed by atoms with Gasteiger partial charge in [0.1, 0.15) is 5.75 Å². The number of rotatable bonds is 5. The molecule has 2 N–H and O–H groups in total. The van der Waals surface area contributed by atoms with E-state index >= 15 is 0 Å². The molecular weight excluding hydrogens is 372 g/mol. The molecule has 0 radical (unpaired) electrons. The second-order valence-corrected chi connectivity index (χ2v) is 6.32. The predicted octanol–water partition coefficient (Wildman–Crippen LogP) is 3.61. The van der Waals surface area contributed by atoms with Gasteiger partial charge in [-0.15, -0.1) is 0 Å². The number of aryl methyl sites for hydroxylation is 2. The summed E-state index contributed by atoms with van der Waals surface area (Å²) in [7, 11) is 1.62. The first-order chi connectivity index (χ1) is 11.6. The van der Waals surface area contributed by atoms with Crippen LogP contribution in [0, 0.1) is 6.92 Å². The Hall–Kier alpha value is -2.41. The Morgan fingerprint density at radius 1 is 1.38 bits per heavy atom. The molecule has 0 saturated carbocycles. The zero-order chi connectivity index (χ0) is 17.1. The lowest BCUT2D eigenvalue weighted by atomic mass is 10.1. The number of aromatic amines is 1. The molecule has 0 aliphatic rings. The van der Waals surface area contributed by atoms with E-state index in [1.165, 1.54) is 0 Å². The number of aromatic nitrogens is 3. The number of nitrogens with one attached hydrogen (secondary N) is 2. The summed E-state index contributed by atoms with van der Waals surface area (Å²) < 4.78 is 6.08. The molecule has 2 heterocycles. The number of halogens is 1. The molecule has 3 rings (SSSR count). The van der Waals surface area contributed by atoms with Gasteiger partial charge in [-0.25, -0.2) is 4.98 Å². The van der Waals surface area contributed by atoms with Crippen molar-refractivity contribution in [3.8, 4) is 5.75 Å². The van der Waals surface area contributed by atoms with Gasteiger partial charge in [0.25, 0.3) is 0 Å². The van der Waals surface area contributed by atoms with E-state index in [1.807, 2.05) is 31.2 Å². The van der Waals surface area contributed by atoms with Gasteiger partial charge in [0.05, 0.1) is 23.5 Å². The van der Waals surface area contributed by atoms with E-state index in [0.29, 0.717) is 24.2 Å². The van der Waals surface area contributed by atoms with Crippen molar-refractivity contribution in [1.82, 2.24) is 15.2 Å². The van der Waals surface area contributed by atoms with Crippen LogP contribution in [-0.4, -0.2) is 28.2 Å². The van der Waals surface area contributed by atoms with Crippen LogP contribution in [-0.2, 0) is 11.2 Å². The average Bonchev–Trinajstić information content (AvgIpc) is 2.94. The summed E-state index contributed by atoms with van der Waals surface area (Å²) in [6.07, 6.45) is 2.65. The van der Waals surface area contributed by atoms with Crippen molar-refractivity contribution in [1.29, 1.82) is 0 Å². The number of anilines is 1. The minimum absolute atomic E-state index is 0.0516. The fourth-order valence-corrected chi connectivity index (χ4v) is 3.02. The molecule has 3 aromatic rings. The topological polar surface area (TPSA) is 79.9 Å². The molecule has 7 heteroatoms. The van der Waals surface area contributed by atoms with Crippen LogP contribution in [0.4, 0.5) is 5.69 Å². The summed E-state index contributed by atoms with van der Waals surface area (Å²) in [5.41, 5.74) is 3.32. The Bertz CT molecular complexity index is 891. The van der Waals surface area contributed by atoms with Crippen LogP contribution in [0.25, 0.3) is 11.0 Å². The molecule has 1 aromatic carbocycles. The fourth-order valence-electron chi connectivity index (χ4n) is 2.43. The smallest absolute Gasteiger partial charge is 0.224 e. The molecule has 24 heavy (non-hydrogen) atoms. The largest absolute Gasteiger partial charge is 0.496 e. The van der Waals surface area contributed by atoms with E-state index < -0.39 is 0 Å². The number of carbonyl (C=O) groups excluding carboxylic acids is 1. The van der Waals surface area contributed by atoms with Crippen LogP contribution in [0.1, 0.15) is 17.7 Å². The van der Waals surface area contributed by atoms with Gasteiger partial charge in [-0.2, -0.15) is 5.10 Å². The average molecular weight is 389 g/mol. The summed E-state index contributed by atoms with van der Waals surface area (Å²) in [5.74, 6) is 0.724. The maximum atomic E-state index is 12.2. The summed E-state index contributed by atoms with van der Waals surface area (Å²) >= 11 is 3.45. The zero-order valence-electron chi connectivity index (χ0n) is 13.4. The van der Waals surface area contributed by atoms with E-state index in [1.54, 1.807) is 13.3 Å². The maximum absolute atomic E-state index is 12.2. The Morgan fingerprint density at radius 2 is 2.21 bits per heavy atom. The van der Waals surface area contributed by atoms with Crippen molar-refractivity contribution in [2.45, 2.75) is 19.8 Å². The summed E-state index contributed by atoms with van der Waals surface area (Å²) in [4.78, 5) is 16.4. The van der Waals surface area contributed by atoms with E-state index in [-0.39, 0.29) is 5.91 Å². The van der Waals surface area contributed by atoms with Gasteiger partial charge >= 0.3 is 0 Å². The Morgan fingerprint density at radius 3 is 2.96 bits per heavy atom. The highest BCUT2D eigenvalue weighted by Gasteiger charge is 2.08. The molecule has 0 bridgehead atoms. The van der Waals surface area contributed by atoms with Crippen LogP contribution < -0.4 is 10.1 Å². The molecule has 0 aliphatic carbocycles. The molecule has 2 aromatic heterocycles. The molecular formula is C17H17BrN4O2. The Kier molecular flexibility index (Phi) is 4.80. The standard InChI is InChI=1S/C17H17BrN4O2/c1-10-13-8-12(9-19-17(13)22-21-10)20-16(23)6-4-11-3-5-15(24-2)14(18)7-11/h3,5,7-9H,4,6H2,1-2H3,(H,20,23)(H,19,21,22). The van der Waals surface area contributed by atoms with Crippen LogP contribution in [0.5, 0.6) is 5.75 Å². The number of hydrogen-bond donors (Lipinski definition) is 2. The van der Waals surface area contributed by atoms with Crippen LogP contribution in [0.3, 0.4) is 0 Å². The molecule has 6 nitrogen and oxygen atoms in total. The van der Waals surface area contributed by atoms with Crippen LogP contribution in [0.2, 0.25) is 0 Å². The molecule has 0 aliphatic heterocycles. The zero-order valence-corrected chi connectivity index (χ0v) is 15.0. The number of ether oxygens (including phenoxy) is 1. The van der Waals surface area contributed by atoms with Gasteiger partial charge in [0.15, 0.2) is 5.65 Å². The first-order valence-electron chi connectivity index (χ1n) is 7.50. The van der Waals surface area contributed by atoms with E-state index in [9.17, 15) is 4.79 Å². The van der Waals surface area contributed by atoms with Gasteiger partial charge in [-0.1, -0.05) is 6.07 Å². The number of fused-ring (bicyclic) bond motifs is 1. The Labute approximate surface area is 147 Å². The van der Waals surface area contributed by atoms with E-state index in [4.69, 9.17) is 4.74 Å². The highest BCUT2D eigenvalue weighted by molar-refractivity contribution is 9.10. The lowest BCUT2D eigenvalue weighted by Crippen LogP contribution is -2.12. The molecule has 0 unspecified atom stereocenters. The SMILES string of the molecule is COc1ccc(CCC(=O)Nc2cnc3n[nH]c(C)c3c2)cc1Br. The highest BCUT2D eigenvalue weighted by atomic mass is 79.9. The second-order valence-electron chi connectivity index (χ2n) is 5.46. The van der Waals surface area contributed by atoms with E-state index in [2.05, 4.69) is 36.4 Å². The number of hydrogen-bond acceptors (Lipinski definition) is 4. The fraction of sp³-hybridized carbons (Fsp3) is 0.235. The quantitative estimate of drug-likeness (QED) is 0.699. The third-order valence-electron chi connectivity index (χ3n) is 3.74. The first-order valence-corrected chi connectivity index (χ1v) is 8.29. The lowest BCUT2D eigenvalue weighted by Gasteiger charge is -2.07. The minimum atomic E-state index is -0.0516. The number of nitrogens with zero attached hydrogens (tertiary/aromatic N) is 2. The van der Waals surface area contributed by atoms with Crippen LogP contribution >= 0.6 is 15.9 Å². The van der Waals surface area contributed by atoms with Gasteiger partial charge in [-0.05, 0) is 53.0 Å². The molecule has 0 saturated heterocycles. The summed E-state index contributed by atoms with van der Waals surface area (Å²) in [6, 6.07) is 7.69. The van der Waals surface area contributed by atoms with Crippen LogP contribution in [0.15, 0.2) is 34.9 Å². The van der Waals surface area contributed by atoms with Crippen molar-refractivity contribution < 1.29 is 9.53 Å². The van der Waals surface area contributed by atoms with Gasteiger partial charge in [0.2, 0.25) is 5.91 Å². The normalized spacial score (nSPS) is 10.8. The van der Waals surface area contributed by atoms with Gasteiger partial charge in [-0.3, -0.25) is 9.89 Å². The maximum Gasteiger partial charge on any atom is 0.224 e. The highest BCUT2D eigenvalue weighted by Crippen LogP contribution is 2.26. The number of pyridine rings is 1. The third kappa shape index (κ3) is 3.56. The summed E-state index contributed by atoms with van der Waals surface area (Å²) in [6.45, 7) is 1.92. The predicted molar refractivity (Wildman–Crippen MR) is 96.3 cm³/mol. The number of amides is 1. The molecule has 1 amide bonds. The van der Waals surface area contributed by atoms with Crippen molar-refractivity contribution >= 4 is 38.6 Å². The third-order valence-corrected chi connectivity index (χ3v) is 4.36. The van der Waals surface area contributed by atoms with Crippen molar-refractivity contribution in [3.05, 3.63) is 46.2 Å². The molecule has 0 atom stereocenters. The van der Waals surface area contributed by atoms with Gasteiger partial charge in [0, 0.05) is 17.5 Å². The van der Waals surface area contributed by atoms with Crippen molar-refractivity contribution in [3.63, 3.8) is 0 Å².